The summed E-state index contributed by atoms with van der Waals surface area (Å²) in [6.45, 7) is 7.90. The Morgan fingerprint density at radius 2 is 2.00 bits per heavy atom. The van der Waals surface area contributed by atoms with Crippen LogP contribution in [-0.2, 0) is 19.6 Å². The van der Waals surface area contributed by atoms with Crippen molar-refractivity contribution >= 4 is 10.9 Å². The normalized spacial score (nSPS) is 11.3. The fourth-order valence-corrected chi connectivity index (χ4v) is 2.69. The lowest BCUT2D eigenvalue weighted by Crippen LogP contribution is -2.11. The molecule has 2 aromatic heterocycles. The summed E-state index contributed by atoms with van der Waals surface area (Å²) in [5.41, 5.74) is 3.67. The van der Waals surface area contributed by atoms with Gasteiger partial charge in [0.15, 0.2) is 0 Å². The lowest BCUT2D eigenvalue weighted by atomic mass is 10.2. The van der Waals surface area contributed by atoms with Gasteiger partial charge in [0.1, 0.15) is 0 Å². The van der Waals surface area contributed by atoms with Gasteiger partial charge in [0.2, 0.25) is 0 Å². The quantitative estimate of drug-likeness (QED) is 0.754. The van der Waals surface area contributed by atoms with E-state index in [1.807, 2.05) is 0 Å². The van der Waals surface area contributed by atoms with Crippen molar-refractivity contribution in [3.05, 3.63) is 54.0 Å². The summed E-state index contributed by atoms with van der Waals surface area (Å²) in [6.07, 6.45) is 4.33. The van der Waals surface area contributed by atoms with E-state index in [1.165, 1.54) is 16.5 Å². The van der Waals surface area contributed by atoms with E-state index in [0.717, 1.165) is 31.9 Å². The molecule has 0 unspecified atom stereocenters. The van der Waals surface area contributed by atoms with Gasteiger partial charge >= 0.3 is 0 Å². The molecule has 0 atom stereocenters. The Morgan fingerprint density at radius 1 is 1.14 bits per heavy atom. The first-order valence-electron chi connectivity index (χ1n) is 7.61. The number of fused-ring (bicyclic) bond motifs is 1. The van der Waals surface area contributed by atoms with E-state index in [1.54, 1.807) is 0 Å². The molecule has 0 fully saturated rings. The lowest BCUT2D eigenvalue weighted by Gasteiger charge is -2.01. The molecular formula is C17H22N4. The first-order chi connectivity index (χ1) is 10.3. The van der Waals surface area contributed by atoms with Gasteiger partial charge in [-0.25, -0.2) is 0 Å². The minimum Gasteiger partial charge on any atom is -0.348 e. The standard InChI is InChI=1S/C17H22N4/c1-3-18-11-14-9-10-20(12-14)13-16-15-7-5-6-8-17(15)21(4-2)19-16/h5-10,12,18H,3-4,11,13H2,1-2H3. The van der Waals surface area contributed by atoms with Crippen LogP contribution < -0.4 is 5.32 Å². The minimum atomic E-state index is 0.819. The molecule has 3 rings (SSSR count). The van der Waals surface area contributed by atoms with Crippen molar-refractivity contribution < 1.29 is 0 Å². The largest absolute Gasteiger partial charge is 0.348 e. The van der Waals surface area contributed by atoms with Gasteiger partial charge in [-0.1, -0.05) is 25.1 Å². The zero-order valence-electron chi connectivity index (χ0n) is 12.7. The fourth-order valence-electron chi connectivity index (χ4n) is 2.69. The molecule has 0 spiro atoms. The van der Waals surface area contributed by atoms with Gasteiger partial charge in [0.05, 0.1) is 17.8 Å². The Morgan fingerprint density at radius 3 is 2.81 bits per heavy atom. The number of benzene rings is 1. The number of nitrogens with zero attached hydrogens (tertiary/aromatic N) is 3. The summed E-state index contributed by atoms with van der Waals surface area (Å²) in [4.78, 5) is 0. The van der Waals surface area contributed by atoms with Crippen LogP contribution in [0.3, 0.4) is 0 Å². The highest BCUT2D eigenvalue weighted by atomic mass is 15.3. The molecule has 0 saturated heterocycles. The van der Waals surface area contributed by atoms with E-state index in [4.69, 9.17) is 5.10 Å². The van der Waals surface area contributed by atoms with Gasteiger partial charge in [0, 0.05) is 30.9 Å². The lowest BCUT2D eigenvalue weighted by molar-refractivity contribution is 0.653. The molecule has 3 aromatic rings. The van der Waals surface area contributed by atoms with Crippen LogP contribution in [0.5, 0.6) is 0 Å². The zero-order chi connectivity index (χ0) is 14.7. The Balaban J connectivity index is 1.86. The Bertz CT molecular complexity index is 723. The number of hydrogen-bond donors (Lipinski definition) is 1. The SMILES string of the molecule is CCNCc1ccn(Cc2nn(CC)c3ccccc23)c1. The molecule has 4 nitrogen and oxygen atoms in total. The molecule has 1 N–H and O–H groups in total. The Kier molecular flexibility index (Phi) is 4.06. The highest BCUT2D eigenvalue weighted by Crippen LogP contribution is 2.19. The number of para-hydroxylation sites is 1. The molecule has 0 aliphatic rings. The van der Waals surface area contributed by atoms with Crippen molar-refractivity contribution in [3.63, 3.8) is 0 Å². The van der Waals surface area contributed by atoms with Gasteiger partial charge in [-0.3, -0.25) is 4.68 Å². The van der Waals surface area contributed by atoms with Crippen molar-refractivity contribution in [2.75, 3.05) is 6.54 Å². The number of nitrogens with one attached hydrogen (secondary N) is 1. The molecule has 0 radical (unpaired) electrons. The zero-order valence-corrected chi connectivity index (χ0v) is 12.7. The second-order valence-electron chi connectivity index (χ2n) is 5.25. The maximum atomic E-state index is 4.75. The van der Waals surface area contributed by atoms with Crippen molar-refractivity contribution in [2.45, 2.75) is 33.5 Å². The summed E-state index contributed by atoms with van der Waals surface area (Å²) in [5, 5.41) is 9.36. The van der Waals surface area contributed by atoms with Crippen LogP contribution in [0.2, 0.25) is 0 Å². The van der Waals surface area contributed by atoms with Gasteiger partial charge < -0.3 is 9.88 Å². The summed E-state index contributed by atoms with van der Waals surface area (Å²) in [5.74, 6) is 0. The third-order valence-electron chi connectivity index (χ3n) is 3.76. The summed E-state index contributed by atoms with van der Waals surface area (Å²) < 4.78 is 4.29. The molecule has 21 heavy (non-hydrogen) atoms. The fraction of sp³-hybridized carbons (Fsp3) is 0.353. The van der Waals surface area contributed by atoms with Crippen LogP contribution in [-0.4, -0.2) is 20.9 Å². The van der Waals surface area contributed by atoms with Crippen LogP contribution in [0.4, 0.5) is 0 Å². The summed E-state index contributed by atoms with van der Waals surface area (Å²) in [6, 6.07) is 10.6. The van der Waals surface area contributed by atoms with Crippen LogP contribution in [0.15, 0.2) is 42.7 Å². The second kappa shape index (κ2) is 6.14. The number of rotatable bonds is 6. The second-order valence-corrected chi connectivity index (χ2v) is 5.25. The third kappa shape index (κ3) is 2.85. The molecule has 0 saturated carbocycles. The first kappa shape index (κ1) is 13.9. The van der Waals surface area contributed by atoms with E-state index < -0.39 is 0 Å². The van der Waals surface area contributed by atoms with Gasteiger partial charge in [-0.2, -0.15) is 5.10 Å². The molecule has 0 amide bonds. The monoisotopic (exact) mass is 282 g/mol. The average molecular weight is 282 g/mol. The predicted octanol–water partition coefficient (Wildman–Crippen LogP) is 3.02. The van der Waals surface area contributed by atoms with Crippen molar-refractivity contribution in [1.82, 2.24) is 19.7 Å². The molecule has 110 valence electrons. The highest BCUT2D eigenvalue weighted by molar-refractivity contribution is 5.81. The van der Waals surface area contributed by atoms with Gasteiger partial charge in [-0.15, -0.1) is 0 Å². The van der Waals surface area contributed by atoms with E-state index in [-0.39, 0.29) is 0 Å². The van der Waals surface area contributed by atoms with Gasteiger partial charge in [0.25, 0.3) is 0 Å². The summed E-state index contributed by atoms with van der Waals surface area (Å²) >= 11 is 0. The van der Waals surface area contributed by atoms with Crippen LogP contribution in [0, 0.1) is 0 Å². The van der Waals surface area contributed by atoms with E-state index in [0.29, 0.717) is 0 Å². The molecule has 2 heterocycles. The molecule has 4 heteroatoms. The topological polar surface area (TPSA) is 34.8 Å². The molecular weight excluding hydrogens is 260 g/mol. The third-order valence-corrected chi connectivity index (χ3v) is 3.76. The smallest absolute Gasteiger partial charge is 0.0900 e. The van der Waals surface area contributed by atoms with E-state index in [9.17, 15) is 0 Å². The minimum absolute atomic E-state index is 0.819. The molecule has 0 bridgehead atoms. The first-order valence-corrected chi connectivity index (χ1v) is 7.61. The molecule has 0 aliphatic carbocycles. The molecule has 0 aliphatic heterocycles. The Labute approximate surface area is 125 Å². The Hall–Kier alpha value is -2.07. The average Bonchev–Trinajstić information content (AvgIpc) is 3.10. The maximum Gasteiger partial charge on any atom is 0.0900 e. The van der Waals surface area contributed by atoms with Crippen LogP contribution in [0.25, 0.3) is 10.9 Å². The van der Waals surface area contributed by atoms with Crippen molar-refractivity contribution in [2.24, 2.45) is 0 Å². The number of hydrogen-bond acceptors (Lipinski definition) is 2. The van der Waals surface area contributed by atoms with Crippen molar-refractivity contribution in [3.8, 4) is 0 Å². The number of aromatic nitrogens is 3. The highest BCUT2D eigenvalue weighted by Gasteiger charge is 2.09. The van der Waals surface area contributed by atoms with E-state index >= 15 is 0 Å². The van der Waals surface area contributed by atoms with Crippen LogP contribution in [0.1, 0.15) is 25.1 Å². The van der Waals surface area contributed by atoms with Crippen LogP contribution >= 0.6 is 0 Å². The summed E-state index contributed by atoms with van der Waals surface area (Å²) in [7, 11) is 0. The maximum absolute atomic E-state index is 4.75. The molecule has 1 aromatic carbocycles. The van der Waals surface area contributed by atoms with E-state index in [2.05, 4.69) is 71.1 Å². The van der Waals surface area contributed by atoms with Crippen molar-refractivity contribution in [1.29, 1.82) is 0 Å². The number of aryl methyl sites for hydroxylation is 1. The predicted molar refractivity (Wildman–Crippen MR) is 86.3 cm³/mol. The van der Waals surface area contributed by atoms with Gasteiger partial charge in [-0.05, 0) is 31.2 Å².